The Bertz CT molecular complexity index is 402. The highest BCUT2D eigenvalue weighted by molar-refractivity contribution is 5.94. The van der Waals surface area contributed by atoms with Gasteiger partial charge in [-0.2, -0.15) is 13.2 Å². The second-order valence-corrected chi connectivity index (χ2v) is 3.92. The second kappa shape index (κ2) is 5.70. The molecule has 1 amide bonds. The van der Waals surface area contributed by atoms with Gasteiger partial charge in [0.05, 0.1) is 5.56 Å². The predicted octanol–water partition coefficient (Wildman–Crippen LogP) is 2.16. The lowest BCUT2D eigenvalue weighted by Crippen LogP contribution is -2.30. The fourth-order valence-corrected chi connectivity index (χ4v) is 1.10. The summed E-state index contributed by atoms with van der Waals surface area (Å²) >= 11 is 0. The van der Waals surface area contributed by atoms with Crippen LogP contribution in [0.2, 0.25) is 0 Å². The molecule has 0 aliphatic heterocycles. The van der Waals surface area contributed by atoms with Crippen molar-refractivity contribution < 1.29 is 22.7 Å². The van der Waals surface area contributed by atoms with Crippen LogP contribution in [0.25, 0.3) is 0 Å². The minimum absolute atomic E-state index is 0.0290. The molecule has 4 nitrogen and oxygen atoms in total. The van der Waals surface area contributed by atoms with Crippen LogP contribution < -0.4 is 10.1 Å². The summed E-state index contributed by atoms with van der Waals surface area (Å²) in [6, 6.07) is 2.55. The highest BCUT2D eigenvalue weighted by Gasteiger charge is 2.28. The van der Waals surface area contributed by atoms with Crippen molar-refractivity contribution in [2.45, 2.75) is 26.1 Å². The molecule has 0 aliphatic carbocycles. The smallest absolute Gasteiger partial charge is 0.422 e. The predicted molar refractivity (Wildman–Crippen MR) is 58.4 cm³/mol. The Hall–Kier alpha value is -1.79. The first-order valence-electron chi connectivity index (χ1n) is 5.24. The van der Waals surface area contributed by atoms with Gasteiger partial charge < -0.3 is 10.1 Å². The van der Waals surface area contributed by atoms with E-state index in [2.05, 4.69) is 15.0 Å². The minimum Gasteiger partial charge on any atom is -0.468 e. The van der Waals surface area contributed by atoms with Gasteiger partial charge in [-0.25, -0.2) is 4.98 Å². The second-order valence-electron chi connectivity index (χ2n) is 3.92. The molecule has 0 spiro atoms. The van der Waals surface area contributed by atoms with Crippen molar-refractivity contribution in [1.82, 2.24) is 10.3 Å². The van der Waals surface area contributed by atoms with Crippen molar-refractivity contribution in [3.8, 4) is 5.88 Å². The molecule has 18 heavy (non-hydrogen) atoms. The number of hydrogen-bond acceptors (Lipinski definition) is 3. The molecule has 0 fully saturated rings. The molecule has 0 bridgehead atoms. The Morgan fingerprint density at radius 3 is 2.56 bits per heavy atom. The summed E-state index contributed by atoms with van der Waals surface area (Å²) in [4.78, 5) is 15.1. The molecule has 1 N–H and O–H groups in total. The van der Waals surface area contributed by atoms with Crippen molar-refractivity contribution in [2.75, 3.05) is 6.61 Å². The number of carbonyl (C=O) groups is 1. The van der Waals surface area contributed by atoms with Gasteiger partial charge in [0.15, 0.2) is 6.61 Å². The van der Waals surface area contributed by atoms with Gasteiger partial charge in [-0.3, -0.25) is 4.79 Å². The molecule has 0 atom stereocenters. The van der Waals surface area contributed by atoms with Gasteiger partial charge >= 0.3 is 6.18 Å². The molecule has 1 rings (SSSR count). The number of hydrogen-bond donors (Lipinski definition) is 1. The monoisotopic (exact) mass is 262 g/mol. The Morgan fingerprint density at radius 1 is 1.44 bits per heavy atom. The minimum atomic E-state index is -4.41. The molecular weight excluding hydrogens is 249 g/mol. The Labute approximate surface area is 102 Å². The molecular formula is C11H13F3N2O2. The number of ether oxygens (including phenoxy) is 1. The van der Waals surface area contributed by atoms with Crippen molar-refractivity contribution >= 4 is 5.91 Å². The van der Waals surface area contributed by atoms with E-state index in [1.807, 2.05) is 0 Å². The van der Waals surface area contributed by atoms with Crippen LogP contribution in [-0.4, -0.2) is 29.7 Å². The zero-order chi connectivity index (χ0) is 13.8. The standard InChI is InChI=1S/C11H13F3N2O2/c1-7(2)16-10(17)8-3-4-9(15-5-8)18-6-11(12,13)14/h3-5,7H,6H2,1-2H3,(H,16,17). The lowest BCUT2D eigenvalue weighted by molar-refractivity contribution is -0.154. The average Bonchev–Trinajstić information content (AvgIpc) is 2.25. The van der Waals surface area contributed by atoms with Gasteiger partial charge in [0.25, 0.3) is 5.91 Å². The summed E-state index contributed by atoms with van der Waals surface area (Å²) in [5, 5.41) is 2.64. The Morgan fingerprint density at radius 2 is 2.11 bits per heavy atom. The largest absolute Gasteiger partial charge is 0.468 e. The first-order valence-corrected chi connectivity index (χ1v) is 5.24. The van der Waals surface area contributed by atoms with E-state index < -0.39 is 12.8 Å². The number of nitrogens with zero attached hydrogens (tertiary/aromatic N) is 1. The zero-order valence-corrected chi connectivity index (χ0v) is 9.91. The molecule has 0 unspecified atom stereocenters. The average molecular weight is 262 g/mol. The van der Waals surface area contributed by atoms with Crippen LogP contribution in [0.3, 0.4) is 0 Å². The van der Waals surface area contributed by atoms with Gasteiger partial charge in [0.1, 0.15) is 0 Å². The van der Waals surface area contributed by atoms with E-state index in [0.29, 0.717) is 0 Å². The van der Waals surface area contributed by atoms with Gasteiger partial charge in [-0.1, -0.05) is 0 Å². The number of pyridine rings is 1. The van der Waals surface area contributed by atoms with E-state index >= 15 is 0 Å². The van der Waals surface area contributed by atoms with E-state index in [4.69, 9.17) is 0 Å². The number of alkyl halides is 3. The van der Waals surface area contributed by atoms with Crippen LogP contribution in [0, 0.1) is 0 Å². The van der Waals surface area contributed by atoms with Crippen molar-refractivity contribution in [1.29, 1.82) is 0 Å². The third-order valence-corrected chi connectivity index (χ3v) is 1.80. The van der Waals surface area contributed by atoms with Crippen LogP contribution in [0.15, 0.2) is 18.3 Å². The molecule has 0 aliphatic rings. The van der Waals surface area contributed by atoms with E-state index in [1.165, 1.54) is 18.3 Å². The first-order chi connectivity index (χ1) is 8.28. The van der Waals surface area contributed by atoms with Gasteiger partial charge in [-0.15, -0.1) is 0 Å². The molecule has 1 aromatic heterocycles. The van der Waals surface area contributed by atoms with Crippen molar-refractivity contribution in [2.24, 2.45) is 0 Å². The fourth-order valence-electron chi connectivity index (χ4n) is 1.10. The van der Waals surface area contributed by atoms with Gasteiger partial charge in [-0.05, 0) is 19.9 Å². The lowest BCUT2D eigenvalue weighted by Gasteiger charge is -2.10. The fraction of sp³-hybridized carbons (Fsp3) is 0.455. The van der Waals surface area contributed by atoms with Crippen LogP contribution in [0.4, 0.5) is 13.2 Å². The van der Waals surface area contributed by atoms with Gasteiger partial charge in [0, 0.05) is 18.3 Å². The van der Waals surface area contributed by atoms with E-state index in [0.717, 1.165) is 0 Å². The van der Waals surface area contributed by atoms with Crippen LogP contribution in [0.5, 0.6) is 5.88 Å². The SMILES string of the molecule is CC(C)NC(=O)c1ccc(OCC(F)(F)F)nc1. The summed E-state index contributed by atoms with van der Waals surface area (Å²) < 4.78 is 40.0. The maximum absolute atomic E-state index is 11.9. The van der Waals surface area contributed by atoms with Crippen LogP contribution >= 0.6 is 0 Å². The molecule has 7 heteroatoms. The van der Waals surface area contributed by atoms with Crippen LogP contribution in [0.1, 0.15) is 24.2 Å². The van der Waals surface area contributed by atoms with E-state index in [1.54, 1.807) is 13.8 Å². The number of aromatic nitrogens is 1. The number of nitrogens with one attached hydrogen (secondary N) is 1. The molecule has 0 radical (unpaired) electrons. The zero-order valence-electron chi connectivity index (χ0n) is 9.91. The van der Waals surface area contributed by atoms with Gasteiger partial charge in [0.2, 0.25) is 5.88 Å². The Kier molecular flexibility index (Phi) is 4.52. The first kappa shape index (κ1) is 14.3. The summed E-state index contributed by atoms with van der Waals surface area (Å²) in [5.74, 6) is -0.506. The number of rotatable bonds is 4. The molecule has 0 saturated carbocycles. The quantitative estimate of drug-likeness (QED) is 0.904. The number of amides is 1. The maximum Gasteiger partial charge on any atom is 0.422 e. The number of halogens is 3. The van der Waals surface area contributed by atoms with Crippen molar-refractivity contribution in [3.05, 3.63) is 23.9 Å². The highest BCUT2D eigenvalue weighted by atomic mass is 19.4. The third kappa shape index (κ3) is 5.03. The maximum atomic E-state index is 11.9. The van der Waals surface area contributed by atoms with E-state index in [9.17, 15) is 18.0 Å². The molecule has 1 heterocycles. The van der Waals surface area contributed by atoms with E-state index in [-0.39, 0.29) is 23.4 Å². The summed E-state index contributed by atoms with van der Waals surface area (Å²) in [5.41, 5.74) is 0.267. The van der Waals surface area contributed by atoms with Crippen LogP contribution in [-0.2, 0) is 0 Å². The summed E-state index contributed by atoms with van der Waals surface area (Å²) in [6.45, 7) is 2.19. The Balaban J connectivity index is 2.60. The topological polar surface area (TPSA) is 51.2 Å². The molecule has 0 saturated heterocycles. The molecule has 1 aromatic rings. The molecule has 0 aromatic carbocycles. The third-order valence-electron chi connectivity index (χ3n) is 1.80. The highest BCUT2D eigenvalue weighted by Crippen LogP contribution is 2.16. The molecule has 100 valence electrons. The number of carbonyl (C=O) groups excluding carboxylic acids is 1. The van der Waals surface area contributed by atoms with Crippen molar-refractivity contribution in [3.63, 3.8) is 0 Å². The summed E-state index contributed by atoms with van der Waals surface area (Å²) in [6.07, 6.45) is -3.24. The lowest BCUT2D eigenvalue weighted by atomic mass is 10.2. The normalized spacial score (nSPS) is 11.4. The summed E-state index contributed by atoms with van der Waals surface area (Å²) in [7, 11) is 0.